The highest BCUT2D eigenvalue weighted by molar-refractivity contribution is 5.97. The maximum atomic E-state index is 11.7. The second-order valence-electron chi connectivity index (χ2n) is 4.10. The van der Waals surface area contributed by atoms with Crippen LogP contribution in [-0.2, 0) is 0 Å². The van der Waals surface area contributed by atoms with Crippen molar-refractivity contribution in [1.29, 1.82) is 0 Å². The fourth-order valence-electron chi connectivity index (χ4n) is 1.83. The van der Waals surface area contributed by atoms with Crippen LogP contribution in [0.1, 0.15) is 17.3 Å². The Morgan fingerprint density at radius 3 is 2.59 bits per heavy atom. The molecule has 0 saturated carbocycles. The number of benzene rings is 1. The first kappa shape index (κ1) is 11.6. The second kappa shape index (κ2) is 4.55. The van der Waals surface area contributed by atoms with Crippen molar-refractivity contribution in [2.75, 3.05) is 18.0 Å². The van der Waals surface area contributed by atoms with Gasteiger partial charge in [0, 0.05) is 24.3 Å². The Kier molecular flexibility index (Phi) is 3.10. The SMILES string of the molecule is CC(=O)c1ccc(N2CC(CN)NC2=O)cc1. The molecule has 1 aliphatic heterocycles. The fraction of sp³-hybridized carbons (Fsp3) is 0.333. The molecule has 5 heteroatoms. The fourth-order valence-corrected chi connectivity index (χ4v) is 1.83. The van der Waals surface area contributed by atoms with E-state index < -0.39 is 0 Å². The maximum absolute atomic E-state index is 11.7. The largest absolute Gasteiger partial charge is 0.332 e. The molecule has 1 atom stereocenters. The van der Waals surface area contributed by atoms with Crippen molar-refractivity contribution < 1.29 is 9.59 Å². The Balaban J connectivity index is 2.18. The summed E-state index contributed by atoms with van der Waals surface area (Å²) in [7, 11) is 0. The molecule has 1 heterocycles. The van der Waals surface area contributed by atoms with Crippen LogP contribution in [0.15, 0.2) is 24.3 Å². The maximum Gasteiger partial charge on any atom is 0.322 e. The quantitative estimate of drug-likeness (QED) is 0.756. The number of nitrogens with one attached hydrogen (secondary N) is 1. The van der Waals surface area contributed by atoms with E-state index in [1.165, 1.54) is 6.92 Å². The van der Waals surface area contributed by atoms with Crippen LogP contribution >= 0.6 is 0 Å². The summed E-state index contributed by atoms with van der Waals surface area (Å²) in [5.41, 5.74) is 6.94. The molecule has 1 aliphatic rings. The average Bonchev–Trinajstić information content (AvgIpc) is 2.71. The lowest BCUT2D eigenvalue weighted by Gasteiger charge is -2.14. The molecule has 1 fully saturated rings. The predicted molar refractivity (Wildman–Crippen MR) is 65.2 cm³/mol. The number of urea groups is 1. The molecule has 0 bridgehead atoms. The number of ketones is 1. The van der Waals surface area contributed by atoms with Crippen LogP contribution in [0.25, 0.3) is 0 Å². The summed E-state index contributed by atoms with van der Waals surface area (Å²) in [6.45, 7) is 2.50. The van der Waals surface area contributed by atoms with Crippen molar-refractivity contribution in [3.05, 3.63) is 29.8 Å². The van der Waals surface area contributed by atoms with Crippen molar-refractivity contribution in [3.63, 3.8) is 0 Å². The van der Waals surface area contributed by atoms with Crippen LogP contribution in [0.5, 0.6) is 0 Å². The number of hydrogen-bond acceptors (Lipinski definition) is 3. The molecule has 0 aliphatic carbocycles. The summed E-state index contributed by atoms with van der Waals surface area (Å²) in [6.07, 6.45) is 0. The van der Waals surface area contributed by atoms with Gasteiger partial charge in [-0.05, 0) is 31.2 Å². The minimum Gasteiger partial charge on any atom is -0.332 e. The molecule has 17 heavy (non-hydrogen) atoms. The second-order valence-corrected chi connectivity index (χ2v) is 4.10. The van der Waals surface area contributed by atoms with Gasteiger partial charge in [0.2, 0.25) is 0 Å². The molecule has 3 N–H and O–H groups in total. The molecule has 0 radical (unpaired) electrons. The lowest BCUT2D eigenvalue weighted by atomic mass is 10.1. The van der Waals surface area contributed by atoms with Crippen molar-refractivity contribution in [3.8, 4) is 0 Å². The van der Waals surface area contributed by atoms with E-state index >= 15 is 0 Å². The zero-order valence-corrected chi connectivity index (χ0v) is 9.64. The first-order valence-corrected chi connectivity index (χ1v) is 5.51. The van der Waals surface area contributed by atoms with Crippen molar-refractivity contribution >= 4 is 17.5 Å². The third kappa shape index (κ3) is 2.29. The highest BCUT2D eigenvalue weighted by Crippen LogP contribution is 2.19. The van der Waals surface area contributed by atoms with Gasteiger partial charge in [0.05, 0.1) is 6.04 Å². The smallest absolute Gasteiger partial charge is 0.322 e. The van der Waals surface area contributed by atoms with E-state index in [4.69, 9.17) is 5.73 Å². The summed E-state index contributed by atoms with van der Waals surface area (Å²) < 4.78 is 0. The molecular formula is C12H15N3O2. The van der Waals surface area contributed by atoms with Gasteiger partial charge >= 0.3 is 6.03 Å². The number of rotatable bonds is 3. The summed E-state index contributed by atoms with van der Waals surface area (Å²) in [5, 5.41) is 2.78. The number of amides is 2. The molecule has 0 aromatic heterocycles. The number of Topliss-reactive ketones (excluding diaryl/α,β-unsaturated/α-hetero) is 1. The van der Waals surface area contributed by atoms with Gasteiger partial charge < -0.3 is 11.1 Å². The molecule has 2 rings (SSSR count). The number of nitrogens with two attached hydrogens (primary N) is 1. The van der Waals surface area contributed by atoms with Gasteiger partial charge in [0.25, 0.3) is 0 Å². The molecular weight excluding hydrogens is 218 g/mol. The van der Waals surface area contributed by atoms with Gasteiger partial charge in [-0.2, -0.15) is 0 Å². The highest BCUT2D eigenvalue weighted by atomic mass is 16.2. The Labute approximate surface area is 99.6 Å². The summed E-state index contributed by atoms with van der Waals surface area (Å²) in [5.74, 6) is 0.0160. The lowest BCUT2D eigenvalue weighted by Crippen LogP contribution is -2.33. The first-order valence-electron chi connectivity index (χ1n) is 5.51. The van der Waals surface area contributed by atoms with E-state index in [1.54, 1.807) is 29.2 Å². The van der Waals surface area contributed by atoms with Gasteiger partial charge in [0.15, 0.2) is 5.78 Å². The summed E-state index contributed by atoms with van der Waals surface area (Å²) in [4.78, 5) is 24.4. The number of carbonyl (C=O) groups is 2. The third-order valence-corrected chi connectivity index (χ3v) is 2.85. The van der Waals surface area contributed by atoms with Crippen LogP contribution in [0, 0.1) is 0 Å². The zero-order chi connectivity index (χ0) is 12.4. The average molecular weight is 233 g/mol. The predicted octanol–water partition coefficient (Wildman–Crippen LogP) is 0.746. The molecule has 1 aromatic carbocycles. The summed E-state index contributed by atoms with van der Waals surface area (Å²) in [6, 6.07) is 6.84. The normalized spacial score (nSPS) is 19.3. The Bertz CT molecular complexity index is 442. The van der Waals surface area contributed by atoms with Crippen LogP contribution in [0.3, 0.4) is 0 Å². The van der Waals surface area contributed by atoms with Gasteiger partial charge in [-0.3, -0.25) is 9.69 Å². The molecule has 5 nitrogen and oxygen atoms in total. The highest BCUT2D eigenvalue weighted by Gasteiger charge is 2.28. The molecule has 1 saturated heterocycles. The zero-order valence-electron chi connectivity index (χ0n) is 9.64. The van der Waals surface area contributed by atoms with Crippen LogP contribution in [-0.4, -0.2) is 30.9 Å². The van der Waals surface area contributed by atoms with E-state index in [0.717, 1.165) is 5.69 Å². The standard InChI is InChI=1S/C12H15N3O2/c1-8(16)9-2-4-11(5-3-9)15-7-10(6-13)14-12(15)17/h2-5,10H,6-7,13H2,1H3,(H,14,17). The topological polar surface area (TPSA) is 75.4 Å². The number of anilines is 1. The Hall–Kier alpha value is -1.88. The lowest BCUT2D eigenvalue weighted by molar-refractivity contribution is 0.101. The van der Waals surface area contributed by atoms with Gasteiger partial charge in [-0.15, -0.1) is 0 Å². The van der Waals surface area contributed by atoms with Gasteiger partial charge in [0.1, 0.15) is 0 Å². The monoisotopic (exact) mass is 233 g/mol. The molecule has 1 unspecified atom stereocenters. The van der Waals surface area contributed by atoms with E-state index in [1.807, 2.05) is 0 Å². The Morgan fingerprint density at radius 2 is 2.12 bits per heavy atom. The van der Waals surface area contributed by atoms with Crippen LogP contribution in [0.4, 0.5) is 10.5 Å². The molecule has 90 valence electrons. The molecule has 1 aromatic rings. The third-order valence-electron chi connectivity index (χ3n) is 2.85. The minimum absolute atomic E-state index is 0.00464. The van der Waals surface area contributed by atoms with E-state index in [-0.39, 0.29) is 17.9 Å². The minimum atomic E-state index is -0.143. The van der Waals surface area contributed by atoms with E-state index in [0.29, 0.717) is 18.7 Å². The van der Waals surface area contributed by atoms with Crippen molar-refractivity contribution in [2.24, 2.45) is 5.73 Å². The van der Waals surface area contributed by atoms with E-state index in [2.05, 4.69) is 5.32 Å². The van der Waals surface area contributed by atoms with Crippen LogP contribution < -0.4 is 16.0 Å². The number of nitrogens with zero attached hydrogens (tertiary/aromatic N) is 1. The van der Waals surface area contributed by atoms with Gasteiger partial charge in [-0.1, -0.05) is 0 Å². The van der Waals surface area contributed by atoms with Crippen molar-refractivity contribution in [2.45, 2.75) is 13.0 Å². The molecule has 0 spiro atoms. The first-order chi connectivity index (χ1) is 8.11. The Morgan fingerprint density at radius 1 is 1.47 bits per heavy atom. The van der Waals surface area contributed by atoms with E-state index in [9.17, 15) is 9.59 Å². The van der Waals surface area contributed by atoms with Crippen molar-refractivity contribution in [1.82, 2.24) is 5.32 Å². The van der Waals surface area contributed by atoms with Gasteiger partial charge in [-0.25, -0.2) is 4.79 Å². The van der Waals surface area contributed by atoms with Crippen LogP contribution in [0.2, 0.25) is 0 Å². The number of hydrogen-bond donors (Lipinski definition) is 2. The molecule has 2 amide bonds. The number of carbonyl (C=O) groups excluding carboxylic acids is 2. The summed E-state index contributed by atoms with van der Waals surface area (Å²) >= 11 is 0.